The Bertz CT molecular complexity index is 1210. The van der Waals surface area contributed by atoms with E-state index in [0.29, 0.717) is 30.1 Å². The number of hydrogen-bond acceptors (Lipinski definition) is 6. The van der Waals surface area contributed by atoms with Gasteiger partial charge in [-0.15, -0.1) is 4.40 Å². The topological polar surface area (TPSA) is 87.0 Å². The number of carbonyl (C=O) groups is 1. The zero-order chi connectivity index (χ0) is 21.7. The predicted molar refractivity (Wildman–Crippen MR) is 116 cm³/mol. The van der Waals surface area contributed by atoms with Gasteiger partial charge in [0.2, 0.25) is 4.80 Å². The molecule has 30 heavy (non-hydrogen) atoms. The summed E-state index contributed by atoms with van der Waals surface area (Å²) in [6, 6.07) is 11.7. The molecule has 0 N–H and O–H groups in total. The molecule has 0 fully saturated rings. The maximum atomic E-state index is 12.9. The third-order valence-corrected chi connectivity index (χ3v) is 6.81. The van der Waals surface area contributed by atoms with E-state index in [1.165, 1.54) is 11.3 Å². The molecule has 2 aromatic carbocycles. The number of ether oxygens (including phenoxy) is 2. The summed E-state index contributed by atoms with van der Waals surface area (Å²) in [7, 11) is -3.88. The quantitative estimate of drug-likeness (QED) is 0.389. The van der Waals surface area contributed by atoms with Crippen LogP contribution < -0.4 is 4.80 Å². The van der Waals surface area contributed by atoms with Gasteiger partial charge in [-0.2, -0.15) is 8.42 Å². The van der Waals surface area contributed by atoms with Gasteiger partial charge >= 0.3 is 5.97 Å². The minimum Gasteiger partial charge on any atom is -0.462 e. The summed E-state index contributed by atoms with van der Waals surface area (Å²) in [5.74, 6) is -0.417. The van der Waals surface area contributed by atoms with Gasteiger partial charge in [0.05, 0.1) is 33.9 Å². The molecular formula is C21H24N2O5S2. The van der Waals surface area contributed by atoms with Crippen LogP contribution in [-0.4, -0.2) is 38.8 Å². The molecular weight excluding hydrogens is 424 g/mol. The van der Waals surface area contributed by atoms with Crippen molar-refractivity contribution >= 4 is 37.5 Å². The molecule has 9 heteroatoms. The minimum atomic E-state index is -3.88. The van der Waals surface area contributed by atoms with Crippen molar-refractivity contribution < 1.29 is 22.7 Å². The van der Waals surface area contributed by atoms with Crippen molar-refractivity contribution in [3.63, 3.8) is 0 Å². The first kappa shape index (κ1) is 22.2. The molecule has 0 aliphatic heterocycles. The highest BCUT2D eigenvalue weighted by Crippen LogP contribution is 2.21. The molecule has 0 saturated carbocycles. The summed E-state index contributed by atoms with van der Waals surface area (Å²) in [5.41, 5.74) is 2.16. The summed E-state index contributed by atoms with van der Waals surface area (Å²) >= 11 is 1.21. The normalized spacial score (nSPS) is 12.4. The maximum absolute atomic E-state index is 12.9. The van der Waals surface area contributed by atoms with Gasteiger partial charge < -0.3 is 14.0 Å². The lowest BCUT2D eigenvalue weighted by atomic mass is 10.2. The van der Waals surface area contributed by atoms with Crippen molar-refractivity contribution in [2.75, 3.05) is 19.8 Å². The van der Waals surface area contributed by atoms with Gasteiger partial charge in [-0.3, -0.25) is 0 Å². The van der Waals surface area contributed by atoms with E-state index >= 15 is 0 Å². The highest BCUT2D eigenvalue weighted by molar-refractivity contribution is 7.90. The van der Waals surface area contributed by atoms with Gasteiger partial charge in [0.25, 0.3) is 10.0 Å². The zero-order valence-electron chi connectivity index (χ0n) is 17.1. The number of aromatic nitrogens is 1. The van der Waals surface area contributed by atoms with E-state index in [4.69, 9.17) is 9.47 Å². The van der Waals surface area contributed by atoms with E-state index in [-0.39, 0.29) is 11.5 Å². The van der Waals surface area contributed by atoms with Gasteiger partial charge in [0.1, 0.15) is 0 Å². The second-order valence-corrected chi connectivity index (χ2v) is 9.13. The summed E-state index contributed by atoms with van der Waals surface area (Å²) < 4.78 is 42.9. The fourth-order valence-electron chi connectivity index (χ4n) is 2.87. The third kappa shape index (κ3) is 4.97. The molecule has 0 radical (unpaired) electrons. The Labute approximate surface area is 179 Å². The Morgan fingerprint density at radius 1 is 1.10 bits per heavy atom. The number of aryl methyl sites for hydroxylation is 1. The number of fused-ring (bicyclic) bond motifs is 1. The van der Waals surface area contributed by atoms with Crippen molar-refractivity contribution in [1.29, 1.82) is 0 Å². The van der Waals surface area contributed by atoms with Gasteiger partial charge in [-0.05, 0) is 51.1 Å². The molecule has 0 amide bonds. The van der Waals surface area contributed by atoms with Crippen molar-refractivity contribution in [3.8, 4) is 0 Å². The molecule has 160 valence electrons. The largest absolute Gasteiger partial charge is 0.462 e. The number of benzene rings is 2. The molecule has 0 unspecified atom stereocenters. The van der Waals surface area contributed by atoms with E-state index in [2.05, 4.69) is 4.40 Å². The monoisotopic (exact) mass is 448 g/mol. The van der Waals surface area contributed by atoms with Crippen LogP contribution in [0.1, 0.15) is 29.8 Å². The molecule has 0 spiro atoms. The molecule has 0 aliphatic carbocycles. The molecule has 0 bridgehead atoms. The molecule has 0 aliphatic rings. The lowest BCUT2D eigenvalue weighted by Crippen LogP contribution is -2.20. The van der Waals surface area contributed by atoms with E-state index in [1.807, 2.05) is 13.8 Å². The number of rotatable bonds is 8. The number of esters is 1. The molecule has 7 nitrogen and oxygen atoms in total. The van der Waals surface area contributed by atoms with Crippen molar-refractivity contribution in [1.82, 2.24) is 4.57 Å². The summed E-state index contributed by atoms with van der Waals surface area (Å²) in [4.78, 5) is 12.5. The van der Waals surface area contributed by atoms with Crippen LogP contribution in [0.4, 0.5) is 0 Å². The number of sulfonamides is 1. The van der Waals surface area contributed by atoms with Crippen LogP contribution in [-0.2, 0) is 26.0 Å². The van der Waals surface area contributed by atoms with Crippen LogP contribution in [0.15, 0.2) is 51.8 Å². The highest BCUT2D eigenvalue weighted by Gasteiger charge is 2.16. The fourth-order valence-corrected chi connectivity index (χ4v) is 5.16. The SMILES string of the molecule is CCOCCn1/c(=N/S(=O)(=O)c2ccc(C)cc2)sc2cc(C(=O)OCC)ccc21. The average Bonchev–Trinajstić information content (AvgIpc) is 3.04. The minimum absolute atomic E-state index is 0.133. The predicted octanol–water partition coefficient (Wildman–Crippen LogP) is 3.51. The Balaban J connectivity index is 2.13. The Morgan fingerprint density at radius 3 is 2.50 bits per heavy atom. The van der Waals surface area contributed by atoms with Crippen molar-refractivity contribution in [3.05, 3.63) is 58.4 Å². The molecule has 0 atom stereocenters. The second kappa shape index (κ2) is 9.55. The lowest BCUT2D eigenvalue weighted by molar-refractivity contribution is 0.0526. The fraction of sp³-hybridized carbons (Fsp3) is 0.333. The van der Waals surface area contributed by atoms with Crippen molar-refractivity contribution in [2.45, 2.75) is 32.2 Å². The Kier molecular flexibility index (Phi) is 7.06. The van der Waals surface area contributed by atoms with E-state index in [9.17, 15) is 13.2 Å². The third-order valence-electron chi connectivity index (χ3n) is 4.37. The van der Waals surface area contributed by atoms with Gasteiger partial charge in [-0.1, -0.05) is 29.0 Å². The molecule has 1 heterocycles. The Morgan fingerprint density at radius 2 is 1.83 bits per heavy atom. The second-order valence-electron chi connectivity index (χ2n) is 6.52. The standard InChI is InChI=1S/C21H24N2O5S2/c1-4-27-13-12-23-18-11-8-16(20(24)28-5-2)14-19(18)29-21(23)22-30(25,26)17-9-6-15(3)7-10-17/h6-11,14H,4-5,12-13H2,1-3H3/b22-21-. The average molecular weight is 449 g/mol. The summed E-state index contributed by atoms with van der Waals surface area (Å²) in [6.45, 7) is 7.23. The first-order valence-electron chi connectivity index (χ1n) is 9.61. The van der Waals surface area contributed by atoms with Gasteiger partial charge in [-0.25, -0.2) is 4.79 Å². The van der Waals surface area contributed by atoms with Crippen LogP contribution in [0.25, 0.3) is 10.2 Å². The Hall–Kier alpha value is -2.49. The number of thiazole rings is 1. The smallest absolute Gasteiger partial charge is 0.338 e. The number of carbonyl (C=O) groups excluding carboxylic acids is 1. The van der Waals surface area contributed by atoms with Crippen molar-refractivity contribution in [2.24, 2.45) is 4.40 Å². The molecule has 0 saturated heterocycles. The maximum Gasteiger partial charge on any atom is 0.338 e. The van der Waals surface area contributed by atoms with Crippen LogP contribution in [0.2, 0.25) is 0 Å². The molecule has 1 aromatic heterocycles. The van der Waals surface area contributed by atoms with E-state index < -0.39 is 16.0 Å². The van der Waals surface area contributed by atoms with Crippen LogP contribution in [0.5, 0.6) is 0 Å². The van der Waals surface area contributed by atoms with Gasteiger partial charge in [0.15, 0.2) is 0 Å². The highest BCUT2D eigenvalue weighted by atomic mass is 32.2. The summed E-state index contributed by atoms with van der Waals surface area (Å²) in [5, 5.41) is 0. The van der Waals surface area contributed by atoms with Crippen LogP contribution >= 0.6 is 11.3 Å². The molecule has 3 rings (SSSR count). The lowest BCUT2D eigenvalue weighted by Gasteiger charge is -2.06. The van der Waals surface area contributed by atoms with E-state index in [0.717, 1.165) is 15.8 Å². The van der Waals surface area contributed by atoms with Gasteiger partial charge in [0, 0.05) is 13.2 Å². The van der Waals surface area contributed by atoms with Crippen LogP contribution in [0, 0.1) is 6.92 Å². The first-order valence-corrected chi connectivity index (χ1v) is 11.9. The van der Waals surface area contributed by atoms with E-state index in [1.54, 1.807) is 54.0 Å². The molecule has 3 aromatic rings. The van der Waals surface area contributed by atoms with Crippen LogP contribution in [0.3, 0.4) is 0 Å². The zero-order valence-corrected chi connectivity index (χ0v) is 18.8. The first-order chi connectivity index (χ1) is 14.4. The number of hydrogen-bond donors (Lipinski definition) is 0. The summed E-state index contributed by atoms with van der Waals surface area (Å²) in [6.07, 6.45) is 0. The number of nitrogens with zero attached hydrogens (tertiary/aromatic N) is 2.